The largest absolute Gasteiger partial charge is 0.345 e. The summed E-state index contributed by atoms with van der Waals surface area (Å²) in [7, 11) is 1.93. The van der Waals surface area contributed by atoms with Gasteiger partial charge in [0.25, 0.3) is 0 Å². The molecule has 0 aromatic heterocycles. The van der Waals surface area contributed by atoms with Crippen LogP contribution < -0.4 is 0 Å². The standard InChI is InChI=1S/C22H27ClN2O/c1-24(22(26)12-11-20-9-5-6-10-21(20)23)15-19-13-14-25(17-19)16-18-7-3-2-4-8-18/h2-10,19H,11-17H2,1H3/t19-/m0/s1. The first-order valence-electron chi connectivity index (χ1n) is 9.35. The van der Waals surface area contributed by atoms with E-state index in [0.29, 0.717) is 18.8 Å². The minimum Gasteiger partial charge on any atom is -0.345 e. The van der Waals surface area contributed by atoms with Gasteiger partial charge in [0.05, 0.1) is 0 Å². The van der Waals surface area contributed by atoms with Crippen LogP contribution in [0.15, 0.2) is 54.6 Å². The minimum atomic E-state index is 0.200. The van der Waals surface area contributed by atoms with E-state index in [4.69, 9.17) is 11.6 Å². The van der Waals surface area contributed by atoms with Crippen LogP contribution in [0.2, 0.25) is 5.02 Å². The maximum atomic E-state index is 12.5. The predicted octanol–water partition coefficient (Wildman–Crippen LogP) is 4.25. The first-order valence-corrected chi connectivity index (χ1v) is 9.73. The van der Waals surface area contributed by atoms with Crippen molar-refractivity contribution in [2.24, 2.45) is 5.92 Å². The molecule has 0 N–H and O–H groups in total. The normalized spacial score (nSPS) is 17.4. The molecule has 1 atom stereocenters. The summed E-state index contributed by atoms with van der Waals surface area (Å²) in [6, 6.07) is 18.4. The zero-order valence-electron chi connectivity index (χ0n) is 15.4. The van der Waals surface area contributed by atoms with E-state index < -0.39 is 0 Å². The van der Waals surface area contributed by atoms with Gasteiger partial charge in [0.1, 0.15) is 0 Å². The summed E-state index contributed by atoms with van der Waals surface area (Å²) in [6.45, 7) is 4.02. The Bertz CT molecular complexity index is 719. The molecular formula is C22H27ClN2O. The smallest absolute Gasteiger partial charge is 0.222 e. The molecule has 4 heteroatoms. The fourth-order valence-corrected chi connectivity index (χ4v) is 3.90. The number of hydrogen-bond acceptors (Lipinski definition) is 2. The SMILES string of the molecule is CN(C[C@@H]1CCN(Cc2ccccc2)C1)C(=O)CCc1ccccc1Cl. The Morgan fingerprint density at radius 2 is 1.88 bits per heavy atom. The van der Waals surface area contributed by atoms with Gasteiger partial charge >= 0.3 is 0 Å². The lowest BCUT2D eigenvalue weighted by atomic mass is 10.1. The molecule has 1 amide bonds. The molecule has 1 aliphatic rings. The van der Waals surface area contributed by atoms with E-state index in [9.17, 15) is 4.79 Å². The lowest BCUT2D eigenvalue weighted by molar-refractivity contribution is -0.130. The Balaban J connectivity index is 1.42. The molecule has 0 radical (unpaired) electrons. The van der Waals surface area contributed by atoms with Crippen LogP contribution in [-0.2, 0) is 17.8 Å². The Kier molecular flexibility index (Phi) is 6.70. The number of likely N-dealkylation sites (tertiary alicyclic amines) is 1. The number of nitrogens with zero attached hydrogens (tertiary/aromatic N) is 2. The highest BCUT2D eigenvalue weighted by Crippen LogP contribution is 2.20. The summed E-state index contributed by atoms with van der Waals surface area (Å²) >= 11 is 6.18. The second kappa shape index (κ2) is 9.20. The van der Waals surface area contributed by atoms with Crippen molar-refractivity contribution in [1.82, 2.24) is 9.80 Å². The molecule has 3 nitrogen and oxygen atoms in total. The van der Waals surface area contributed by atoms with Gasteiger partial charge in [0.2, 0.25) is 5.91 Å². The van der Waals surface area contributed by atoms with Crippen molar-refractivity contribution in [3.8, 4) is 0 Å². The van der Waals surface area contributed by atoms with Crippen molar-refractivity contribution in [2.45, 2.75) is 25.8 Å². The van der Waals surface area contributed by atoms with Gasteiger partial charge in [-0.05, 0) is 42.5 Å². The molecule has 0 saturated carbocycles. The van der Waals surface area contributed by atoms with E-state index in [2.05, 4.69) is 35.2 Å². The quantitative estimate of drug-likeness (QED) is 0.727. The van der Waals surface area contributed by atoms with Gasteiger partial charge in [-0.15, -0.1) is 0 Å². The van der Waals surface area contributed by atoms with Crippen molar-refractivity contribution in [3.63, 3.8) is 0 Å². The highest BCUT2D eigenvalue weighted by molar-refractivity contribution is 6.31. The van der Waals surface area contributed by atoms with Crippen molar-refractivity contribution < 1.29 is 4.79 Å². The lowest BCUT2D eigenvalue weighted by Crippen LogP contribution is -2.33. The number of halogens is 1. The van der Waals surface area contributed by atoms with Crippen molar-refractivity contribution in [1.29, 1.82) is 0 Å². The van der Waals surface area contributed by atoms with E-state index in [-0.39, 0.29) is 5.91 Å². The Morgan fingerprint density at radius 1 is 1.15 bits per heavy atom. The van der Waals surface area contributed by atoms with Crippen LogP contribution in [0, 0.1) is 5.92 Å². The van der Waals surface area contributed by atoms with Crippen LogP contribution in [0.25, 0.3) is 0 Å². The first-order chi connectivity index (χ1) is 12.6. The number of hydrogen-bond donors (Lipinski definition) is 0. The lowest BCUT2D eigenvalue weighted by Gasteiger charge is -2.22. The van der Waals surface area contributed by atoms with Gasteiger partial charge in [-0.25, -0.2) is 0 Å². The van der Waals surface area contributed by atoms with Gasteiger partial charge in [0.15, 0.2) is 0 Å². The minimum absolute atomic E-state index is 0.200. The number of amides is 1. The van der Waals surface area contributed by atoms with Gasteiger partial charge in [-0.3, -0.25) is 9.69 Å². The highest BCUT2D eigenvalue weighted by atomic mass is 35.5. The topological polar surface area (TPSA) is 23.6 Å². The van der Waals surface area contributed by atoms with E-state index >= 15 is 0 Å². The number of rotatable bonds is 7. The highest BCUT2D eigenvalue weighted by Gasteiger charge is 2.24. The summed E-state index contributed by atoms with van der Waals surface area (Å²) < 4.78 is 0. The van der Waals surface area contributed by atoms with E-state index in [1.165, 1.54) is 5.56 Å². The van der Waals surface area contributed by atoms with Crippen molar-refractivity contribution >= 4 is 17.5 Å². The molecule has 1 fully saturated rings. The predicted molar refractivity (Wildman–Crippen MR) is 107 cm³/mol. The van der Waals surface area contributed by atoms with Crippen molar-refractivity contribution in [3.05, 3.63) is 70.7 Å². The molecule has 138 valence electrons. The van der Waals surface area contributed by atoms with Crippen LogP contribution in [0.1, 0.15) is 24.0 Å². The van der Waals surface area contributed by atoms with Crippen molar-refractivity contribution in [2.75, 3.05) is 26.7 Å². The molecular weight excluding hydrogens is 344 g/mol. The second-order valence-electron chi connectivity index (χ2n) is 7.24. The molecule has 26 heavy (non-hydrogen) atoms. The summed E-state index contributed by atoms with van der Waals surface area (Å²) in [4.78, 5) is 16.8. The third kappa shape index (κ3) is 5.33. The van der Waals surface area contributed by atoms with Gasteiger partial charge in [-0.2, -0.15) is 0 Å². The van der Waals surface area contributed by atoms with E-state index in [0.717, 1.165) is 43.2 Å². The van der Waals surface area contributed by atoms with Crippen LogP contribution in [-0.4, -0.2) is 42.4 Å². The fraction of sp³-hybridized carbons (Fsp3) is 0.409. The first kappa shape index (κ1) is 18.9. The van der Waals surface area contributed by atoms with Gasteiger partial charge in [-0.1, -0.05) is 60.1 Å². The fourth-order valence-electron chi connectivity index (χ4n) is 3.67. The van der Waals surface area contributed by atoms with E-state index in [1.54, 1.807) is 0 Å². The maximum absolute atomic E-state index is 12.5. The summed E-state index contributed by atoms with van der Waals surface area (Å²) in [5.41, 5.74) is 2.41. The third-order valence-corrected chi connectivity index (χ3v) is 5.51. The molecule has 1 heterocycles. The number of aryl methyl sites for hydroxylation is 1. The Labute approximate surface area is 161 Å². The van der Waals surface area contributed by atoms with Crippen LogP contribution in [0.5, 0.6) is 0 Å². The molecule has 0 spiro atoms. The monoisotopic (exact) mass is 370 g/mol. The zero-order chi connectivity index (χ0) is 18.4. The molecule has 2 aromatic carbocycles. The van der Waals surface area contributed by atoms with Crippen LogP contribution in [0.3, 0.4) is 0 Å². The van der Waals surface area contributed by atoms with Gasteiger partial charge < -0.3 is 4.90 Å². The Hall–Kier alpha value is -1.84. The Morgan fingerprint density at radius 3 is 2.65 bits per heavy atom. The molecule has 0 bridgehead atoms. The summed E-state index contributed by atoms with van der Waals surface area (Å²) in [5, 5.41) is 0.746. The third-order valence-electron chi connectivity index (χ3n) is 5.14. The average molecular weight is 371 g/mol. The molecule has 1 saturated heterocycles. The molecule has 0 unspecified atom stereocenters. The second-order valence-corrected chi connectivity index (χ2v) is 7.65. The summed E-state index contributed by atoms with van der Waals surface area (Å²) in [6.07, 6.45) is 2.38. The average Bonchev–Trinajstić information content (AvgIpc) is 3.08. The van der Waals surface area contributed by atoms with Gasteiger partial charge in [0, 0.05) is 38.1 Å². The molecule has 1 aliphatic heterocycles. The molecule has 0 aliphatic carbocycles. The maximum Gasteiger partial charge on any atom is 0.222 e. The van der Waals surface area contributed by atoms with Crippen LogP contribution in [0.4, 0.5) is 0 Å². The number of carbonyl (C=O) groups excluding carboxylic acids is 1. The number of benzene rings is 2. The number of carbonyl (C=O) groups is 1. The van der Waals surface area contributed by atoms with Crippen LogP contribution >= 0.6 is 11.6 Å². The zero-order valence-corrected chi connectivity index (χ0v) is 16.2. The molecule has 3 rings (SSSR count). The van der Waals surface area contributed by atoms with E-state index in [1.807, 2.05) is 36.2 Å². The molecule has 2 aromatic rings. The summed E-state index contributed by atoms with van der Waals surface area (Å²) in [5.74, 6) is 0.763.